The van der Waals surface area contributed by atoms with Crippen molar-refractivity contribution in [1.82, 2.24) is 9.88 Å². The second-order valence-electron chi connectivity index (χ2n) is 9.19. The van der Waals surface area contributed by atoms with Gasteiger partial charge in [0.25, 0.3) is 5.56 Å². The van der Waals surface area contributed by atoms with Gasteiger partial charge in [-0.1, -0.05) is 12.1 Å². The highest BCUT2D eigenvalue weighted by Gasteiger charge is 2.30. The summed E-state index contributed by atoms with van der Waals surface area (Å²) >= 11 is 0. The van der Waals surface area contributed by atoms with Gasteiger partial charge in [0.15, 0.2) is 0 Å². The number of aryl methyl sites for hydroxylation is 2. The summed E-state index contributed by atoms with van der Waals surface area (Å²) in [6.45, 7) is 3.88. The van der Waals surface area contributed by atoms with Crippen LogP contribution >= 0.6 is 0 Å². The molecule has 4 nitrogen and oxygen atoms in total. The molecule has 1 aliphatic carbocycles. The van der Waals surface area contributed by atoms with E-state index in [4.69, 9.17) is 0 Å². The zero-order valence-electron chi connectivity index (χ0n) is 18.2. The van der Waals surface area contributed by atoms with E-state index in [9.17, 15) is 23.1 Å². The van der Waals surface area contributed by atoms with Crippen molar-refractivity contribution in [3.05, 3.63) is 80.6 Å². The Balaban J connectivity index is 1.82. The number of hydrogen-bond acceptors (Lipinski definition) is 3. The number of halogens is 3. The monoisotopic (exact) mass is 444 g/mol. The third-order valence-electron chi connectivity index (χ3n) is 6.13. The molecule has 0 atom stereocenters. The van der Waals surface area contributed by atoms with E-state index in [1.54, 1.807) is 10.6 Å². The van der Waals surface area contributed by atoms with Crippen LogP contribution in [0.3, 0.4) is 0 Å². The highest BCUT2D eigenvalue weighted by molar-refractivity contribution is 5.82. The molecule has 170 valence electrons. The second-order valence-corrected chi connectivity index (χ2v) is 9.19. The Labute approximate surface area is 184 Å². The molecular weight excluding hydrogens is 417 g/mol. The van der Waals surface area contributed by atoms with Gasteiger partial charge in [0.1, 0.15) is 0 Å². The Hall–Kier alpha value is -2.64. The van der Waals surface area contributed by atoms with Crippen LogP contribution in [0.1, 0.15) is 48.1 Å². The smallest absolute Gasteiger partial charge is 0.394 e. The number of rotatable bonds is 6. The van der Waals surface area contributed by atoms with E-state index in [0.717, 1.165) is 42.3 Å². The first kappa shape index (κ1) is 22.6. The van der Waals surface area contributed by atoms with Crippen LogP contribution in [0.4, 0.5) is 13.2 Å². The van der Waals surface area contributed by atoms with Crippen LogP contribution in [-0.4, -0.2) is 21.8 Å². The summed E-state index contributed by atoms with van der Waals surface area (Å²) < 4.78 is 41.2. The van der Waals surface area contributed by atoms with Crippen LogP contribution < -0.4 is 10.9 Å². The van der Waals surface area contributed by atoms with Gasteiger partial charge in [0.05, 0.1) is 24.2 Å². The molecule has 1 aliphatic rings. The van der Waals surface area contributed by atoms with E-state index in [1.807, 2.05) is 26.0 Å². The van der Waals surface area contributed by atoms with Crippen molar-refractivity contribution >= 4 is 10.9 Å². The minimum absolute atomic E-state index is 0.0509. The fraction of sp³-hybridized carbons (Fsp3) is 0.400. The van der Waals surface area contributed by atoms with E-state index < -0.39 is 17.3 Å². The normalized spacial score (nSPS) is 14.2. The van der Waals surface area contributed by atoms with E-state index in [1.165, 1.54) is 17.2 Å². The van der Waals surface area contributed by atoms with Crippen LogP contribution in [0, 0.1) is 0 Å². The quantitative estimate of drug-likeness (QED) is 0.592. The Kier molecular flexibility index (Phi) is 5.90. The van der Waals surface area contributed by atoms with Crippen LogP contribution in [0.2, 0.25) is 0 Å². The average molecular weight is 444 g/mol. The van der Waals surface area contributed by atoms with Crippen LogP contribution in [0.25, 0.3) is 10.9 Å². The average Bonchev–Trinajstić information content (AvgIpc) is 3.20. The number of aromatic nitrogens is 1. The van der Waals surface area contributed by atoms with Gasteiger partial charge in [-0.3, -0.25) is 4.79 Å². The molecule has 2 aromatic carbocycles. The van der Waals surface area contributed by atoms with Gasteiger partial charge in [-0.15, -0.1) is 0 Å². The summed E-state index contributed by atoms with van der Waals surface area (Å²) in [4.78, 5) is 13.4. The molecule has 2 N–H and O–H groups in total. The second kappa shape index (κ2) is 8.37. The maximum Gasteiger partial charge on any atom is 0.416 e. The van der Waals surface area contributed by atoms with Crippen molar-refractivity contribution < 1.29 is 18.3 Å². The highest BCUT2D eigenvalue weighted by Crippen LogP contribution is 2.31. The zero-order valence-corrected chi connectivity index (χ0v) is 18.2. The Morgan fingerprint density at radius 3 is 2.47 bits per heavy atom. The van der Waals surface area contributed by atoms with Gasteiger partial charge in [-0.25, -0.2) is 0 Å². The Morgan fingerprint density at radius 2 is 1.78 bits per heavy atom. The van der Waals surface area contributed by atoms with E-state index in [-0.39, 0.29) is 25.3 Å². The Morgan fingerprint density at radius 1 is 1.06 bits per heavy atom. The van der Waals surface area contributed by atoms with E-state index in [2.05, 4.69) is 11.4 Å². The number of pyridine rings is 1. The molecule has 0 amide bonds. The van der Waals surface area contributed by atoms with Gasteiger partial charge < -0.3 is 15.0 Å². The SMILES string of the molecule is CC(C)(CO)NCc1cc2cc3c(cc2n(Cc2cccc(C(F)(F)F)c2)c1=O)CCC3. The first-order chi connectivity index (χ1) is 15.1. The van der Waals surface area contributed by atoms with Gasteiger partial charge >= 0.3 is 6.18 Å². The molecule has 0 radical (unpaired) electrons. The lowest BCUT2D eigenvalue weighted by atomic mass is 10.0. The molecule has 1 aromatic heterocycles. The van der Waals surface area contributed by atoms with Gasteiger partial charge in [0, 0.05) is 17.6 Å². The molecule has 3 aromatic rings. The summed E-state index contributed by atoms with van der Waals surface area (Å²) in [5.41, 5.74) is 2.60. The molecule has 0 unspecified atom stereocenters. The molecule has 0 spiro atoms. The molecule has 32 heavy (non-hydrogen) atoms. The molecule has 1 heterocycles. The van der Waals surface area contributed by atoms with Crippen LogP contribution in [0.15, 0.2) is 47.3 Å². The standard InChI is InChI=1S/C25H27F3N2O2/c1-24(2,15-31)29-13-20-11-19-10-17-6-4-7-18(17)12-22(19)30(23(20)32)14-16-5-3-8-21(9-16)25(26,27)28/h3,5,8-12,29,31H,4,6-7,13-15H2,1-2H3. The van der Waals surface area contributed by atoms with Gasteiger partial charge in [0.2, 0.25) is 0 Å². The summed E-state index contributed by atoms with van der Waals surface area (Å²) in [6.07, 6.45) is -1.45. The number of hydrogen-bond donors (Lipinski definition) is 2. The van der Waals surface area contributed by atoms with Gasteiger partial charge in [-0.05, 0) is 85.5 Å². The number of aliphatic hydroxyl groups is 1. The topological polar surface area (TPSA) is 54.3 Å². The minimum atomic E-state index is -4.44. The van der Waals surface area contributed by atoms with E-state index >= 15 is 0 Å². The van der Waals surface area contributed by atoms with Crippen molar-refractivity contribution in [1.29, 1.82) is 0 Å². The summed E-state index contributed by atoms with van der Waals surface area (Å²) in [6, 6.07) is 11.1. The maximum atomic E-state index is 13.4. The number of aliphatic hydroxyl groups excluding tert-OH is 1. The number of benzene rings is 2. The fourth-order valence-corrected chi connectivity index (χ4v) is 4.21. The highest BCUT2D eigenvalue weighted by atomic mass is 19.4. The van der Waals surface area contributed by atoms with Gasteiger partial charge in [-0.2, -0.15) is 13.2 Å². The molecule has 0 fully saturated rings. The molecule has 0 aliphatic heterocycles. The zero-order chi connectivity index (χ0) is 23.1. The summed E-state index contributed by atoms with van der Waals surface area (Å²) in [5.74, 6) is 0. The van der Waals surface area contributed by atoms with Crippen LogP contribution in [-0.2, 0) is 32.1 Å². The first-order valence-corrected chi connectivity index (χ1v) is 10.8. The maximum absolute atomic E-state index is 13.4. The van der Waals surface area contributed by atoms with E-state index in [0.29, 0.717) is 11.1 Å². The third-order valence-corrected chi connectivity index (χ3v) is 6.13. The number of fused-ring (bicyclic) bond motifs is 2. The lowest BCUT2D eigenvalue weighted by Crippen LogP contribution is -2.43. The molecular formula is C25H27F3N2O2. The lowest BCUT2D eigenvalue weighted by Gasteiger charge is -2.24. The largest absolute Gasteiger partial charge is 0.416 e. The van der Waals surface area contributed by atoms with Crippen molar-refractivity contribution in [2.24, 2.45) is 0 Å². The fourth-order valence-electron chi connectivity index (χ4n) is 4.21. The summed E-state index contributed by atoms with van der Waals surface area (Å²) in [5, 5.41) is 13.6. The Bertz CT molecular complexity index is 1210. The van der Waals surface area contributed by atoms with Crippen molar-refractivity contribution in [3.8, 4) is 0 Å². The lowest BCUT2D eigenvalue weighted by molar-refractivity contribution is -0.137. The van der Waals surface area contributed by atoms with Crippen molar-refractivity contribution in [3.63, 3.8) is 0 Å². The van der Waals surface area contributed by atoms with Crippen molar-refractivity contribution in [2.45, 2.75) is 57.9 Å². The van der Waals surface area contributed by atoms with Crippen molar-refractivity contribution in [2.75, 3.05) is 6.61 Å². The number of alkyl halides is 3. The molecule has 0 bridgehead atoms. The number of nitrogens with zero attached hydrogens (tertiary/aromatic N) is 1. The predicted octanol–water partition coefficient (Wildman–Crippen LogP) is 4.42. The van der Waals surface area contributed by atoms with Crippen LogP contribution in [0.5, 0.6) is 0 Å². The minimum Gasteiger partial charge on any atom is -0.394 e. The molecule has 0 saturated carbocycles. The molecule has 7 heteroatoms. The molecule has 0 saturated heterocycles. The first-order valence-electron chi connectivity index (χ1n) is 10.8. The third kappa shape index (κ3) is 4.59. The summed E-state index contributed by atoms with van der Waals surface area (Å²) in [7, 11) is 0. The predicted molar refractivity (Wildman–Crippen MR) is 119 cm³/mol. The molecule has 4 rings (SSSR count). The number of nitrogens with one attached hydrogen (secondary N) is 1.